The maximum absolute atomic E-state index is 12.9. The zero-order chi connectivity index (χ0) is 17.7. The van der Waals surface area contributed by atoms with Gasteiger partial charge in [0, 0.05) is 12.1 Å². The van der Waals surface area contributed by atoms with Gasteiger partial charge in [-0.15, -0.1) is 0 Å². The highest BCUT2D eigenvalue weighted by Gasteiger charge is 2.50. The van der Waals surface area contributed by atoms with Gasteiger partial charge in [-0.05, 0) is 24.5 Å². The number of nitrogens with zero attached hydrogens (tertiary/aromatic N) is 1. The van der Waals surface area contributed by atoms with Gasteiger partial charge in [-0.25, -0.2) is 0 Å². The number of hydrogen-bond acceptors (Lipinski definition) is 3. The normalized spacial score (nSPS) is 18.6. The van der Waals surface area contributed by atoms with E-state index in [4.69, 9.17) is 9.73 Å². The molecular formula is C22H25NO2. The number of rotatable bonds is 6. The summed E-state index contributed by atoms with van der Waals surface area (Å²) in [5, 5.41) is 0. The minimum atomic E-state index is -0.699. The Morgan fingerprint density at radius 3 is 2.16 bits per heavy atom. The maximum atomic E-state index is 12.9. The van der Waals surface area contributed by atoms with Crippen LogP contribution in [0.4, 0.5) is 0 Å². The van der Waals surface area contributed by atoms with Crippen LogP contribution in [-0.4, -0.2) is 18.3 Å². The van der Waals surface area contributed by atoms with Gasteiger partial charge in [0.15, 0.2) is 0 Å². The molecule has 2 aromatic carbocycles. The lowest BCUT2D eigenvalue weighted by atomic mass is 9.74. The van der Waals surface area contributed by atoms with Crippen LogP contribution in [0, 0.1) is 5.92 Å². The standard InChI is InChI=1S/C22H25NO2/c1-3-4-15-25-21(24)20-16-17(2)23-22(20,18-11-7-5-8-12-18)19-13-9-6-10-14-19/h5-14,20H,3-4,15-16H2,1-2H3. The Balaban J connectivity index is 2.07. The average molecular weight is 335 g/mol. The first-order valence-corrected chi connectivity index (χ1v) is 9.01. The van der Waals surface area contributed by atoms with Crippen LogP contribution in [0.25, 0.3) is 0 Å². The van der Waals surface area contributed by atoms with Crippen molar-refractivity contribution >= 4 is 11.7 Å². The number of aliphatic imine (C=N–C) groups is 1. The van der Waals surface area contributed by atoms with E-state index in [-0.39, 0.29) is 11.9 Å². The number of carbonyl (C=O) groups is 1. The number of benzene rings is 2. The van der Waals surface area contributed by atoms with Crippen molar-refractivity contribution in [3.63, 3.8) is 0 Å². The fourth-order valence-corrected chi connectivity index (χ4v) is 3.62. The number of ether oxygens (including phenoxy) is 1. The van der Waals surface area contributed by atoms with Crippen molar-refractivity contribution < 1.29 is 9.53 Å². The van der Waals surface area contributed by atoms with E-state index in [2.05, 4.69) is 31.2 Å². The van der Waals surface area contributed by atoms with Crippen molar-refractivity contribution in [1.29, 1.82) is 0 Å². The highest BCUT2D eigenvalue weighted by atomic mass is 16.5. The van der Waals surface area contributed by atoms with Crippen LogP contribution in [0.5, 0.6) is 0 Å². The number of carbonyl (C=O) groups excluding carboxylic acids is 1. The third kappa shape index (κ3) is 3.37. The number of unbranched alkanes of at least 4 members (excludes halogenated alkanes) is 1. The first kappa shape index (κ1) is 17.4. The van der Waals surface area contributed by atoms with E-state index in [0.717, 1.165) is 29.7 Å². The number of esters is 1. The third-order valence-corrected chi connectivity index (χ3v) is 4.83. The van der Waals surface area contributed by atoms with Crippen LogP contribution in [0.3, 0.4) is 0 Å². The summed E-state index contributed by atoms with van der Waals surface area (Å²) >= 11 is 0. The molecule has 0 amide bonds. The topological polar surface area (TPSA) is 38.7 Å². The van der Waals surface area contributed by atoms with Crippen molar-refractivity contribution in [2.24, 2.45) is 10.9 Å². The Hall–Kier alpha value is -2.42. The van der Waals surface area contributed by atoms with E-state index in [0.29, 0.717) is 13.0 Å². The quantitative estimate of drug-likeness (QED) is 0.564. The first-order valence-electron chi connectivity index (χ1n) is 9.01. The van der Waals surface area contributed by atoms with Gasteiger partial charge in [0.25, 0.3) is 0 Å². The molecule has 0 aromatic heterocycles. The summed E-state index contributed by atoms with van der Waals surface area (Å²) in [6, 6.07) is 20.2. The summed E-state index contributed by atoms with van der Waals surface area (Å²) in [6.07, 6.45) is 2.53. The minimum absolute atomic E-state index is 0.151. The van der Waals surface area contributed by atoms with Crippen molar-refractivity contribution in [3.05, 3.63) is 71.8 Å². The van der Waals surface area contributed by atoms with E-state index < -0.39 is 5.54 Å². The molecule has 0 aliphatic carbocycles. The van der Waals surface area contributed by atoms with Gasteiger partial charge in [-0.1, -0.05) is 74.0 Å². The molecule has 0 fully saturated rings. The summed E-state index contributed by atoms with van der Waals surface area (Å²) < 4.78 is 5.60. The Bertz CT molecular complexity index is 698. The van der Waals surface area contributed by atoms with Crippen molar-refractivity contribution in [2.75, 3.05) is 6.61 Å². The van der Waals surface area contributed by atoms with Gasteiger partial charge in [0.05, 0.1) is 12.5 Å². The predicted octanol–water partition coefficient (Wildman–Crippen LogP) is 4.75. The third-order valence-electron chi connectivity index (χ3n) is 4.83. The summed E-state index contributed by atoms with van der Waals surface area (Å²) in [6.45, 7) is 4.57. The van der Waals surface area contributed by atoms with E-state index in [1.54, 1.807) is 0 Å². The molecule has 25 heavy (non-hydrogen) atoms. The Morgan fingerprint density at radius 2 is 1.64 bits per heavy atom. The molecule has 0 radical (unpaired) electrons. The Labute approximate surface area is 149 Å². The average Bonchev–Trinajstić information content (AvgIpc) is 3.02. The molecule has 1 aliphatic rings. The van der Waals surface area contributed by atoms with Crippen molar-refractivity contribution in [1.82, 2.24) is 0 Å². The molecule has 0 saturated carbocycles. The smallest absolute Gasteiger partial charge is 0.312 e. The van der Waals surface area contributed by atoms with Crippen LogP contribution < -0.4 is 0 Å². The lowest BCUT2D eigenvalue weighted by Gasteiger charge is -2.33. The molecule has 0 saturated heterocycles. The van der Waals surface area contributed by atoms with E-state index >= 15 is 0 Å². The van der Waals surface area contributed by atoms with Crippen molar-refractivity contribution in [2.45, 2.75) is 38.6 Å². The molecule has 0 spiro atoms. The highest BCUT2D eigenvalue weighted by molar-refractivity contribution is 5.92. The zero-order valence-electron chi connectivity index (χ0n) is 14.9. The molecule has 2 aromatic rings. The van der Waals surface area contributed by atoms with E-state index in [1.807, 2.05) is 43.3 Å². The fourth-order valence-electron chi connectivity index (χ4n) is 3.62. The van der Waals surface area contributed by atoms with Crippen LogP contribution in [0.15, 0.2) is 65.7 Å². The molecule has 0 bridgehead atoms. The maximum Gasteiger partial charge on any atom is 0.312 e. The second-order valence-electron chi connectivity index (χ2n) is 6.62. The van der Waals surface area contributed by atoms with Crippen molar-refractivity contribution in [3.8, 4) is 0 Å². The zero-order valence-corrected chi connectivity index (χ0v) is 14.9. The molecule has 3 rings (SSSR count). The molecule has 1 atom stereocenters. The summed E-state index contributed by atoms with van der Waals surface area (Å²) in [5.74, 6) is -0.476. The Morgan fingerprint density at radius 1 is 1.08 bits per heavy atom. The second-order valence-corrected chi connectivity index (χ2v) is 6.62. The van der Waals surface area contributed by atoms with Crippen LogP contribution in [0.2, 0.25) is 0 Å². The fraction of sp³-hybridized carbons (Fsp3) is 0.364. The molecule has 1 aliphatic heterocycles. The van der Waals surface area contributed by atoms with Gasteiger partial charge >= 0.3 is 5.97 Å². The highest BCUT2D eigenvalue weighted by Crippen LogP contribution is 2.47. The molecule has 1 unspecified atom stereocenters. The van der Waals surface area contributed by atoms with E-state index in [9.17, 15) is 4.79 Å². The van der Waals surface area contributed by atoms with Gasteiger partial charge in [0.1, 0.15) is 5.54 Å². The summed E-state index contributed by atoms with van der Waals surface area (Å²) in [4.78, 5) is 17.9. The molecular weight excluding hydrogens is 310 g/mol. The van der Waals surface area contributed by atoms with Gasteiger partial charge in [-0.2, -0.15) is 0 Å². The Kier molecular flexibility index (Phi) is 5.32. The van der Waals surface area contributed by atoms with Gasteiger partial charge < -0.3 is 4.74 Å². The predicted molar refractivity (Wildman–Crippen MR) is 101 cm³/mol. The lowest BCUT2D eigenvalue weighted by Crippen LogP contribution is -2.37. The molecule has 0 N–H and O–H groups in total. The minimum Gasteiger partial charge on any atom is -0.465 e. The molecule has 3 nitrogen and oxygen atoms in total. The van der Waals surface area contributed by atoms with Gasteiger partial charge in [-0.3, -0.25) is 9.79 Å². The first-order chi connectivity index (χ1) is 12.2. The van der Waals surface area contributed by atoms with Crippen LogP contribution in [0.1, 0.15) is 44.2 Å². The largest absolute Gasteiger partial charge is 0.465 e. The number of hydrogen-bond donors (Lipinski definition) is 0. The molecule has 3 heteroatoms. The SMILES string of the molecule is CCCCOC(=O)C1CC(C)=NC1(c1ccccc1)c1ccccc1. The summed E-state index contributed by atoms with van der Waals surface area (Å²) in [5.41, 5.74) is 2.37. The molecule has 130 valence electrons. The van der Waals surface area contributed by atoms with Crippen LogP contribution in [-0.2, 0) is 15.1 Å². The lowest BCUT2D eigenvalue weighted by molar-refractivity contribution is -0.150. The van der Waals surface area contributed by atoms with Crippen LogP contribution >= 0.6 is 0 Å². The molecule has 1 heterocycles. The van der Waals surface area contributed by atoms with Gasteiger partial charge in [0.2, 0.25) is 0 Å². The van der Waals surface area contributed by atoms with E-state index in [1.165, 1.54) is 0 Å². The summed E-state index contributed by atoms with van der Waals surface area (Å²) in [7, 11) is 0. The second kappa shape index (κ2) is 7.64. The monoisotopic (exact) mass is 335 g/mol.